The molecule has 158 valence electrons. The second-order valence-corrected chi connectivity index (χ2v) is 6.84. The molecule has 0 fully saturated rings. The highest BCUT2D eigenvalue weighted by Gasteiger charge is 2.06. The molecule has 3 aromatic rings. The first-order chi connectivity index (χ1) is 15.0. The van der Waals surface area contributed by atoms with E-state index in [0.717, 1.165) is 0 Å². The highest BCUT2D eigenvalue weighted by atomic mass is 35.5. The van der Waals surface area contributed by atoms with Gasteiger partial charge in [-0.05, 0) is 54.1 Å². The number of hydrogen-bond acceptors (Lipinski definition) is 6. The standard InChI is InChI=1S/C22H16Cl2N2O5/c23-16-6-8-20(19(24)12-16)30-14-21(27)26-25-13-15-3-1-4-18(11-15)31-22(28)9-7-17-5-2-10-29-17/h1-13H,14H2,(H,26,27). The summed E-state index contributed by atoms with van der Waals surface area (Å²) in [6.45, 7) is -0.279. The van der Waals surface area contributed by atoms with Crippen LogP contribution >= 0.6 is 23.2 Å². The highest BCUT2D eigenvalue weighted by Crippen LogP contribution is 2.27. The van der Waals surface area contributed by atoms with Crippen LogP contribution in [0, 0.1) is 0 Å². The molecule has 31 heavy (non-hydrogen) atoms. The second kappa shape index (κ2) is 11.0. The van der Waals surface area contributed by atoms with Gasteiger partial charge >= 0.3 is 5.97 Å². The van der Waals surface area contributed by atoms with Crippen LogP contribution in [0.5, 0.6) is 11.5 Å². The van der Waals surface area contributed by atoms with Crippen molar-refractivity contribution in [3.8, 4) is 11.5 Å². The van der Waals surface area contributed by atoms with Crippen molar-refractivity contribution in [1.29, 1.82) is 0 Å². The number of nitrogens with one attached hydrogen (secondary N) is 1. The van der Waals surface area contributed by atoms with Crippen LogP contribution < -0.4 is 14.9 Å². The van der Waals surface area contributed by atoms with Crippen molar-refractivity contribution in [2.75, 3.05) is 6.61 Å². The van der Waals surface area contributed by atoms with Crippen molar-refractivity contribution < 1.29 is 23.5 Å². The molecule has 0 unspecified atom stereocenters. The van der Waals surface area contributed by atoms with Crippen molar-refractivity contribution >= 4 is 47.4 Å². The molecule has 1 aromatic heterocycles. The van der Waals surface area contributed by atoms with Crippen molar-refractivity contribution in [2.45, 2.75) is 0 Å². The third-order valence-corrected chi connectivity index (χ3v) is 4.19. The van der Waals surface area contributed by atoms with Gasteiger partial charge in [0.05, 0.1) is 17.5 Å². The van der Waals surface area contributed by atoms with E-state index in [1.54, 1.807) is 48.5 Å². The Morgan fingerprint density at radius 1 is 1.10 bits per heavy atom. The second-order valence-electron chi connectivity index (χ2n) is 6.00. The Morgan fingerprint density at radius 3 is 2.74 bits per heavy atom. The van der Waals surface area contributed by atoms with Crippen LogP contribution in [-0.2, 0) is 9.59 Å². The summed E-state index contributed by atoms with van der Waals surface area (Å²) in [5.74, 6) is 0.159. The van der Waals surface area contributed by atoms with E-state index < -0.39 is 11.9 Å². The molecule has 1 amide bonds. The van der Waals surface area contributed by atoms with Gasteiger partial charge in [-0.3, -0.25) is 4.79 Å². The SMILES string of the molecule is O=C(COc1ccc(Cl)cc1Cl)NN=Cc1cccc(OC(=O)C=Cc2ccco2)c1. The minimum Gasteiger partial charge on any atom is -0.482 e. The zero-order valence-electron chi connectivity index (χ0n) is 16.0. The molecule has 7 nitrogen and oxygen atoms in total. The van der Waals surface area contributed by atoms with Gasteiger partial charge in [-0.15, -0.1) is 0 Å². The van der Waals surface area contributed by atoms with Gasteiger partial charge in [-0.1, -0.05) is 35.3 Å². The van der Waals surface area contributed by atoms with E-state index in [9.17, 15) is 9.59 Å². The van der Waals surface area contributed by atoms with E-state index in [4.69, 9.17) is 37.1 Å². The van der Waals surface area contributed by atoms with E-state index >= 15 is 0 Å². The summed E-state index contributed by atoms with van der Waals surface area (Å²) in [6.07, 6.45) is 5.67. The third-order valence-electron chi connectivity index (χ3n) is 3.66. The Labute approximate surface area is 187 Å². The molecule has 9 heteroatoms. The largest absolute Gasteiger partial charge is 0.482 e. The number of hydrogen-bond donors (Lipinski definition) is 1. The number of carbonyl (C=O) groups excluding carboxylic acids is 2. The summed E-state index contributed by atoms with van der Waals surface area (Å²) in [5.41, 5.74) is 2.95. The van der Waals surface area contributed by atoms with Crippen LogP contribution in [0.25, 0.3) is 6.08 Å². The number of benzene rings is 2. The van der Waals surface area contributed by atoms with E-state index in [0.29, 0.717) is 32.9 Å². The summed E-state index contributed by atoms with van der Waals surface area (Å²) in [7, 11) is 0. The maximum absolute atomic E-state index is 11.9. The lowest BCUT2D eigenvalue weighted by Gasteiger charge is -2.07. The smallest absolute Gasteiger partial charge is 0.336 e. The van der Waals surface area contributed by atoms with Crippen LogP contribution in [0.3, 0.4) is 0 Å². The number of carbonyl (C=O) groups is 2. The van der Waals surface area contributed by atoms with Crippen LogP contribution in [0.1, 0.15) is 11.3 Å². The lowest BCUT2D eigenvalue weighted by Crippen LogP contribution is -2.24. The molecule has 0 spiro atoms. The number of halogens is 2. The summed E-state index contributed by atoms with van der Waals surface area (Å²) >= 11 is 11.8. The number of furan rings is 1. The topological polar surface area (TPSA) is 90.1 Å². The van der Waals surface area contributed by atoms with Crippen molar-refractivity contribution in [3.63, 3.8) is 0 Å². The van der Waals surface area contributed by atoms with Crippen LogP contribution in [0.2, 0.25) is 10.0 Å². The minimum absolute atomic E-state index is 0.279. The Hall–Kier alpha value is -3.55. The summed E-state index contributed by atoms with van der Waals surface area (Å²) in [4.78, 5) is 23.7. The first kappa shape index (κ1) is 22.1. The van der Waals surface area contributed by atoms with E-state index in [-0.39, 0.29) is 6.61 Å². The first-order valence-corrected chi connectivity index (χ1v) is 9.68. The number of amides is 1. The zero-order chi connectivity index (χ0) is 22.1. The van der Waals surface area contributed by atoms with E-state index in [1.165, 1.54) is 30.7 Å². The quantitative estimate of drug-likeness (QED) is 0.173. The monoisotopic (exact) mass is 458 g/mol. The van der Waals surface area contributed by atoms with Crippen LogP contribution in [0.15, 0.2) is 76.5 Å². The van der Waals surface area contributed by atoms with Gasteiger partial charge in [0, 0.05) is 11.1 Å². The van der Waals surface area contributed by atoms with E-state index in [2.05, 4.69) is 10.5 Å². The fraction of sp³-hybridized carbons (Fsp3) is 0.0455. The zero-order valence-corrected chi connectivity index (χ0v) is 17.5. The van der Waals surface area contributed by atoms with Gasteiger partial charge in [-0.25, -0.2) is 10.2 Å². The molecule has 0 bridgehead atoms. The van der Waals surface area contributed by atoms with Crippen LogP contribution in [-0.4, -0.2) is 24.7 Å². The lowest BCUT2D eigenvalue weighted by molar-refractivity contribution is -0.129. The van der Waals surface area contributed by atoms with Crippen molar-refractivity contribution in [3.05, 3.63) is 88.3 Å². The molecule has 1 heterocycles. The Morgan fingerprint density at radius 2 is 1.97 bits per heavy atom. The number of hydrazone groups is 1. The van der Waals surface area contributed by atoms with Gasteiger partial charge in [0.15, 0.2) is 6.61 Å². The van der Waals surface area contributed by atoms with Crippen LogP contribution in [0.4, 0.5) is 0 Å². The highest BCUT2D eigenvalue weighted by molar-refractivity contribution is 6.35. The molecule has 0 atom stereocenters. The average molecular weight is 459 g/mol. The predicted octanol–water partition coefficient (Wildman–Crippen LogP) is 4.73. The fourth-order valence-corrected chi connectivity index (χ4v) is 2.75. The maximum Gasteiger partial charge on any atom is 0.336 e. The van der Waals surface area contributed by atoms with Gasteiger partial charge in [0.1, 0.15) is 17.3 Å². The van der Waals surface area contributed by atoms with Gasteiger partial charge < -0.3 is 13.9 Å². The van der Waals surface area contributed by atoms with Gasteiger partial charge in [-0.2, -0.15) is 5.10 Å². The summed E-state index contributed by atoms with van der Waals surface area (Å²) in [5, 5.41) is 4.62. The Balaban J connectivity index is 1.48. The molecular weight excluding hydrogens is 443 g/mol. The Kier molecular flexibility index (Phi) is 7.86. The molecule has 0 saturated carbocycles. The molecule has 0 aliphatic carbocycles. The number of nitrogens with zero attached hydrogens (tertiary/aromatic N) is 1. The first-order valence-electron chi connectivity index (χ1n) is 8.93. The lowest BCUT2D eigenvalue weighted by atomic mass is 10.2. The van der Waals surface area contributed by atoms with Gasteiger partial charge in [0.25, 0.3) is 5.91 Å². The fourth-order valence-electron chi connectivity index (χ4n) is 2.29. The Bertz CT molecular complexity index is 1110. The van der Waals surface area contributed by atoms with Gasteiger partial charge in [0.2, 0.25) is 0 Å². The summed E-state index contributed by atoms with van der Waals surface area (Å²) < 4.78 is 15.7. The predicted molar refractivity (Wildman–Crippen MR) is 118 cm³/mol. The van der Waals surface area contributed by atoms with Crippen molar-refractivity contribution in [2.24, 2.45) is 5.10 Å². The molecule has 0 saturated heterocycles. The average Bonchev–Trinajstić information content (AvgIpc) is 3.26. The molecular formula is C22H16Cl2N2O5. The molecule has 0 aliphatic rings. The number of rotatable bonds is 8. The molecule has 1 N–H and O–H groups in total. The van der Waals surface area contributed by atoms with Crippen molar-refractivity contribution in [1.82, 2.24) is 5.43 Å². The molecule has 0 aliphatic heterocycles. The number of esters is 1. The summed E-state index contributed by atoms with van der Waals surface area (Å²) in [6, 6.07) is 14.8. The molecule has 2 aromatic carbocycles. The van der Waals surface area contributed by atoms with E-state index in [1.807, 2.05) is 0 Å². The normalized spacial score (nSPS) is 11.0. The molecule has 0 radical (unpaired) electrons. The minimum atomic E-state index is -0.559. The maximum atomic E-state index is 11.9. The number of ether oxygens (including phenoxy) is 2. The molecule has 3 rings (SSSR count). The third kappa shape index (κ3) is 7.33.